The molecule has 2 aromatic heterocycles. The first kappa shape index (κ1) is 20.2. The number of pyridine rings is 1. The number of carbonyl (C=O) groups excluding carboxylic acids is 1. The molecule has 0 saturated carbocycles. The smallest absolute Gasteiger partial charge is 0.248 e. The molecule has 0 atom stereocenters. The van der Waals surface area contributed by atoms with Crippen molar-refractivity contribution in [3.63, 3.8) is 0 Å². The van der Waals surface area contributed by atoms with Gasteiger partial charge in [0.25, 0.3) is 0 Å². The molecule has 1 N–H and O–H groups in total. The van der Waals surface area contributed by atoms with Crippen LogP contribution in [0.4, 0.5) is 5.69 Å². The van der Waals surface area contributed by atoms with E-state index in [4.69, 9.17) is 21.6 Å². The number of aromatic nitrogens is 2. The van der Waals surface area contributed by atoms with E-state index < -0.39 is 0 Å². The normalized spacial score (nSPS) is 10.8. The third-order valence-corrected chi connectivity index (χ3v) is 4.76. The van der Waals surface area contributed by atoms with Crippen LogP contribution in [-0.4, -0.2) is 15.3 Å². The summed E-state index contributed by atoms with van der Waals surface area (Å²) >= 11 is 6.19. The van der Waals surface area contributed by atoms with Gasteiger partial charge < -0.3 is 10.1 Å². The molecule has 0 aliphatic carbocycles. The number of nitrogens with zero attached hydrogens (tertiary/aromatic N) is 3. The van der Waals surface area contributed by atoms with Gasteiger partial charge in [0.05, 0.1) is 17.3 Å². The number of benzene rings is 2. The molecule has 6 nitrogen and oxygen atoms in total. The minimum Gasteiger partial charge on any atom is -0.489 e. The van der Waals surface area contributed by atoms with Crippen molar-refractivity contribution in [1.82, 2.24) is 9.38 Å². The predicted molar refractivity (Wildman–Crippen MR) is 120 cm³/mol. The standard InChI is InChI=1S/C24H17ClN4O2/c25-24-21(29-12-2-1-9-22(29)28-24)10-11-23(30)27-19-7-4-8-20(14-19)31-16-18-6-3-5-17(13-18)15-26/h1-14H,16H2,(H,27,30)/b11-10+. The van der Waals surface area contributed by atoms with Crippen LogP contribution in [0, 0.1) is 11.3 Å². The molecule has 0 aliphatic rings. The Bertz CT molecular complexity index is 1320. The summed E-state index contributed by atoms with van der Waals surface area (Å²) in [5.74, 6) is 0.301. The molecule has 0 saturated heterocycles. The highest BCUT2D eigenvalue weighted by molar-refractivity contribution is 6.31. The van der Waals surface area contributed by atoms with Crippen LogP contribution >= 0.6 is 11.6 Å². The van der Waals surface area contributed by atoms with Gasteiger partial charge >= 0.3 is 0 Å². The van der Waals surface area contributed by atoms with Crippen molar-refractivity contribution in [2.75, 3.05) is 5.32 Å². The van der Waals surface area contributed by atoms with Gasteiger partial charge in [0.15, 0.2) is 5.15 Å². The lowest BCUT2D eigenvalue weighted by atomic mass is 10.1. The number of hydrogen-bond donors (Lipinski definition) is 1. The molecule has 0 radical (unpaired) electrons. The summed E-state index contributed by atoms with van der Waals surface area (Å²) in [4.78, 5) is 16.6. The Morgan fingerprint density at radius 2 is 2.03 bits per heavy atom. The number of halogens is 1. The molecule has 31 heavy (non-hydrogen) atoms. The highest BCUT2D eigenvalue weighted by atomic mass is 35.5. The summed E-state index contributed by atoms with van der Waals surface area (Å²) in [6.45, 7) is 0.319. The van der Waals surface area contributed by atoms with Crippen LogP contribution < -0.4 is 10.1 Å². The second-order valence-electron chi connectivity index (χ2n) is 6.67. The van der Waals surface area contributed by atoms with Gasteiger partial charge in [-0.1, -0.05) is 35.9 Å². The lowest BCUT2D eigenvalue weighted by Crippen LogP contribution is -2.08. The summed E-state index contributed by atoms with van der Waals surface area (Å²) in [7, 11) is 0. The molecule has 0 unspecified atom stereocenters. The van der Waals surface area contributed by atoms with Crippen LogP contribution in [0.3, 0.4) is 0 Å². The molecule has 2 aromatic carbocycles. The van der Waals surface area contributed by atoms with Crippen LogP contribution in [0.25, 0.3) is 11.7 Å². The summed E-state index contributed by atoms with van der Waals surface area (Å²) in [6.07, 6.45) is 4.86. The van der Waals surface area contributed by atoms with Gasteiger partial charge in [-0.3, -0.25) is 9.20 Å². The summed E-state index contributed by atoms with van der Waals surface area (Å²) < 4.78 is 7.60. The topological polar surface area (TPSA) is 79.4 Å². The number of nitriles is 1. The third kappa shape index (κ3) is 4.92. The van der Waals surface area contributed by atoms with Crippen LogP contribution in [0.15, 0.2) is 79.0 Å². The van der Waals surface area contributed by atoms with Crippen molar-refractivity contribution in [3.8, 4) is 11.8 Å². The SMILES string of the molecule is N#Cc1cccc(COc2cccc(NC(=O)/C=C/c3c(Cl)nc4ccccn34)c2)c1. The van der Waals surface area contributed by atoms with Crippen molar-refractivity contribution < 1.29 is 9.53 Å². The van der Waals surface area contributed by atoms with Gasteiger partial charge in [0.2, 0.25) is 5.91 Å². The van der Waals surface area contributed by atoms with Crippen molar-refractivity contribution in [3.05, 3.63) is 101 Å². The number of fused-ring (bicyclic) bond motifs is 1. The van der Waals surface area contributed by atoms with E-state index in [9.17, 15) is 4.79 Å². The minimum atomic E-state index is -0.305. The van der Waals surface area contributed by atoms with E-state index >= 15 is 0 Å². The zero-order valence-electron chi connectivity index (χ0n) is 16.3. The highest BCUT2D eigenvalue weighted by Crippen LogP contribution is 2.21. The fourth-order valence-electron chi connectivity index (χ4n) is 3.03. The van der Waals surface area contributed by atoms with Gasteiger partial charge in [-0.05, 0) is 48.0 Å². The molecule has 0 spiro atoms. The van der Waals surface area contributed by atoms with Gasteiger partial charge in [-0.15, -0.1) is 0 Å². The third-order valence-electron chi connectivity index (χ3n) is 4.48. The fraction of sp³-hybridized carbons (Fsp3) is 0.0417. The van der Waals surface area contributed by atoms with Gasteiger partial charge in [-0.25, -0.2) is 4.98 Å². The number of rotatable bonds is 6. The highest BCUT2D eigenvalue weighted by Gasteiger charge is 2.08. The summed E-state index contributed by atoms with van der Waals surface area (Å²) in [5.41, 5.74) is 3.41. The van der Waals surface area contributed by atoms with E-state index in [0.717, 1.165) is 5.56 Å². The average Bonchev–Trinajstić information content (AvgIpc) is 3.11. The second-order valence-corrected chi connectivity index (χ2v) is 7.03. The summed E-state index contributed by atoms with van der Waals surface area (Å²) in [6, 6.07) is 22.0. The number of carbonyl (C=O) groups is 1. The molecule has 4 aromatic rings. The molecule has 0 fully saturated rings. The van der Waals surface area contributed by atoms with Gasteiger partial charge in [-0.2, -0.15) is 5.26 Å². The molecule has 7 heteroatoms. The quantitative estimate of drug-likeness (QED) is 0.434. The molecule has 1 amide bonds. The Balaban J connectivity index is 1.41. The Hall–Kier alpha value is -4.08. The minimum absolute atomic E-state index is 0.305. The zero-order valence-corrected chi connectivity index (χ0v) is 17.1. The monoisotopic (exact) mass is 428 g/mol. The Morgan fingerprint density at radius 3 is 2.90 bits per heavy atom. The van der Waals surface area contributed by atoms with Gasteiger partial charge in [0.1, 0.15) is 18.0 Å². The van der Waals surface area contributed by atoms with Crippen LogP contribution in [0.2, 0.25) is 5.15 Å². The fourth-order valence-corrected chi connectivity index (χ4v) is 3.28. The number of imidazole rings is 1. The van der Waals surface area contributed by atoms with E-state index in [-0.39, 0.29) is 5.91 Å². The first-order valence-electron chi connectivity index (χ1n) is 9.46. The van der Waals surface area contributed by atoms with Crippen molar-refractivity contribution in [2.45, 2.75) is 6.61 Å². The molecular weight excluding hydrogens is 412 g/mol. The molecule has 152 valence electrons. The molecule has 4 rings (SSSR count). The maximum absolute atomic E-state index is 12.4. The van der Waals surface area contributed by atoms with E-state index in [1.807, 2.05) is 40.9 Å². The predicted octanol–water partition coefficient (Wildman–Crippen LogP) is 5.09. The molecule has 0 aliphatic heterocycles. The Morgan fingerprint density at radius 1 is 1.16 bits per heavy atom. The number of amides is 1. The molecular formula is C24H17ClN4O2. The maximum atomic E-state index is 12.4. The average molecular weight is 429 g/mol. The van der Waals surface area contributed by atoms with E-state index in [0.29, 0.717) is 40.1 Å². The molecule has 0 bridgehead atoms. The number of anilines is 1. The van der Waals surface area contributed by atoms with Gasteiger partial charge in [0, 0.05) is 24.0 Å². The van der Waals surface area contributed by atoms with Crippen molar-refractivity contribution >= 4 is 34.9 Å². The molecule has 2 heterocycles. The van der Waals surface area contributed by atoms with Crippen LogP contribution in [-0.2, 0) is 11.4 Å². The van der Waals surface area contributed by atoms with E-state index in [1.54, 1.807) is 42.5 Å². The Kier molecular flexibility index (Phi) is 5.97. The van der Waals surface area contributed by atoms with E-state index in [2.05, 4.69) is 16.4 Å². The number of ether oxygens (including phenoxy) is 1. The lowest BCUT2D eigenvalue weighted by molar-refractivity contribution is -0.111. The lowest BCUT2D eigenvalue weighted by Gasteiger charge is -2.09. The zero-order chi connectivity index (χ0) is 21.6. The first-order chi connectivity index (χ1) is 15.1. The second kappa shape index (κ2) is 9.16. The maximum Gasteiger partial charge on any atom is 0.248 e. The van der Waals surface area contributed by atoms with Crippen molar-refractivity contribution in [1.29, 1.82) is 5.26 Å². The largest absolute Gasteiger partial charge is 0.489 e. The van der Waals surface area contributed by atoms with Crippen LogP contribution in [0.1, 0.15) is 16.8 Å². The first-order valence-corrected chi connectivity index (χ1v) is 9.84. The number of nitrogens with one attached hydrogen (secondary N) is 1. The van der Waals surface area contributed by atoms with Crippen molar-refractivity contribution in [2.24, 2.45) is 0 Å². The van der Waals surface area contributed by atoms with Crippen LogP contribution in [0.5, 0.6) is 5.75 Å². The Labute approximate surface area is 184 Å². The number of hydrogen-bond acceptors (Lipinski definition) is 4. The summed E-state index contributed by atoms with van der Waals surface area (Å²) in [5, 5.41) is 12.1. The van der Waals surface area contributed by atoms with E-state index in [1.165, 1.54) is 6.08 Å².